The van der Waals surface area contributed by atoms with E-state index in [1.807, 2.05) is 0 Å². The highest BCUT2D eigenvalue weighted by atomic mass is 16.2. The van der Waals surface area contributed by atoms with Gasteiger partial charge in [0.1, 0.15) is 0 Å². The Morgan fingerprint density at radius 3 is 2.74 bits per heavy atom. The maximum Gasteiger partial charge on any atom is 0.237 e. The lowest BCUT2D eigenvalue weighted by molar-refractivity contribution is -0.128. The second kappa shape index (κ2) is 8.62. The quantitative estimate of drug-likeness (QED) is 0.838. The predicted octanol–water partition coefficient (Wildman–Crippen LogP) is 1.79. The number of nitrogens with zero attached hydrogens (tertiary/aromatic N) is 2. The van der Waals surface area contributed by atoms with Crippen molar-refractivity contribution in [2.24, 2.45) is 0 Å². The van der Waals surface area contributed by atoms with Gasteiger partial charge >= 0.3 is 0 Å². The number of carbonyl (C=O) groups is 2. The van der Waals surface area contributed by atoms with Crippen LogP contribution in [0.25, 0.3) is 0 Å². The van der Waals surface area contributed by atoms with Crippen LogP contribution in [0.1, 0.15) is 39.5 Å². The molecule has 6 heteroatoms. The number of carbonyl (C=O) groups excluding carboxylic acids is 2. The number of anilines is 1. The molecule has 0 saturated carbocycles. The first kappa shape index (κ1) is 17.4. The highest BCUT2D eigenvalue weighted by molar-refractivity contribution is 5.91. The number of likely N-dealkylation sites (tertiary alicyclic amines) is 1. The summed E-state index contributed by atoms with van der Waals surface area (Å²) in [4.78, 5) is 30.4. The van der Waals surface area contributed by atoms with Gasteiger partial charge in [-0.25, -0.2) is 0 Å². The first-order valence-corrected chi connectivity index (χ1v) is 8.31. The molecule has 0 aromatic carbocycles. The van der Waals surface area contributed by atoms with Crippen molar-refractivity contribution >= 4 is 17.5 Å². The molecule has 0 bridgehead atoms. The first-order valence-electron chi connectivity index (χ1n) is 8.31. The van der Waals surface area contributed by atoms with E-state index in [1.54, 1.807) is 24.5 Å². The molecule has 23 heavy (non-hydrogen) atoms. The van der Waals surface area contributed by atoms with E-state index in [0.29, 0.717) is 12.6 Å². The fraction of sp³-hybridized carbons (Fsp3) is 0.588. The molecule has 1 aromatic rings. The molecule has 0 unspecified atom stereocenters. The highest BCUT2D eigenvalue weighted by Crippen LogP contribution is 2.19. The molecule has 0 aliphatic carbocycles. The zero-order chi connectivity index (χ0) is 16.7. The summed E-state index contributed by atoms with van der Waals surface area (Å²) < 4.78 is 0. The molecular weight excluding hydrogens is 292 g/mol. The second-order valence-corrected chi connectivity index (χ2v) is 6.17. The van der Waals surface area contributed by atoms with Gasteiger partial charge in [0, 0.05) is 37.1 Å². The smallest absolute Gasteiger partial charge is 0.237 e. The molecule has 1 saturated heterocycles. The lowest BCUT2D eigenvalue weighted by Gasteiger charge is -2.37. The fourth-order valence-corrected chi connectivity index (χ4v) is 2.93. The van der Waals surface area contributed by atoms with E-state index in [4.69, 9.17) is 0 Å². The Labute approximate surface area is 137 Å². The number of piperidine rings is 1. The summed E-state index contributed by atoms with van der Waals surface area (Å²) in [5, 5.41) is 5.68. The molecule has 2 rings (SSSR count). The third kappa shape index (κ3) is 5.32. The maximum absolute atomic E-state index is 12.4. The van der Waals surface area contributed by atoms with Crippen molar-refractivity contribution in [3.63, 3.8) is 0 Å². The van der Waals surface area contributed by atoms with Gasteiger partial charge in [-0.15, -0.1) is 0 Å². The van der Waals surface area contributed by atoms with Gasteiger partial charge in [0.05, 0.1) is 6.04 Å². The highest BCUT2D eigenvalue weighted by Gasteiger charge is 2.29. The second-order valence-electron chi connectivity index (χ2n) is 6.17. The van der Waals surface area contributed by atoms with Gasteiger partial charge in [0.15, 0.2) is 0 Å². The molecule has 126 valence electrons. The van der Waals surface area contributed by atoms with E-state index in [9.17, 15) is 9.59 Å². The molecular formula is C17H26N4O2. The molecule has 1 aromatic heterocycles. The third-order valence-corrected chi connectivity index (χ3v) is 4.13. The average Bonchev–Trinajstić information content (AvgIpc) is 2.55. The Morgan fingerprint density at radius 2 is 2.04 bits per heavy atom. The van der Waals surface area contributed by atoms with Crippen LogP contribution in [0.5, 0.6) is 0 Å². The Morgan fingerprint density at radius 1 is 1.30 bits per heavy atom. The van der Waals surface area contributed by atoms with Crippen molar-refractivity contribution in [1.29, 1.82) is 0 Å². The van der Waals surface area contributed by atoms with E-state index in [1.165, 1.54) is 0 Å². The predicted molar refractivity (Wildman–Crippen MR) is 90.0 cm³/mol. The molecule has 0 radical (unpaired) electrons. The largest absolute Gasteiger partial charge is 0.354 e. The zero-order valence-corrected chi connectivity index (χ0v) is 13.9. The van der Waals surface area contributed by atoms with Crippen LogP contribution in [0.2, 0.25) is 0 Å². The van der Waals surface area contributed by atoms with E-state index < -0.39 is 0 Å². The first-order chi connectivity index (χ1) is 11.1. The topological polar surface area (TPSA) is 74.3 Å². The van der Waals surface area contributed by atoms with E-state index >= 15 is 0 Å². The summed E-state index contributed by atoms with van der Waals surface area (Å²) in [6.07, 6.45) is 6.65. The van der Waals surface area contributed by atoms with Gasteiger partial charge in [0.25, 0.3) is 0 Å². The van der Waals surface area contributed by atoms with Crippen molar-refractivity contribution in [2.45, 2.75) is 51.6 Å². The number of hydrogen-bond acceptors (Lipinski definition) is 4. The number of pyridine rings is 1. The molecule has 1 aliphatic rings. The van der Waals surface area contributed by atoms with Crippen molar-refractivity contribution in [3.8, 4) is 0 Å². The Hall–Kier alpha value is -1.95. The molecule has 2 amide bonds. The minimum Gasteiger partial charge on any atom is -0.354 e. The lowest BCUT2D eigenvalue weighted by atomic mass is 9.99. The van der Waals surface area contributed by atoms with E-state index in [2.05, 4.69) is 34.4 Å². The normalized spacial score (nSPS) is 18.7. The van der Waals surface area contributed by atoms with Gasteiger partial charge in [0.2, 0.25) is 11.8 Å². The van der Waals surface area contributed by atoms with Gasteiger partial charge in [-0.05, 0) is 45.4 Å². The number of rotatable bonds is 6. The van der Waals surface area contributed by atoms with Crippen LogP contribution in [0.4, 0.5) is 5.69 Å². The molecule has 2 N–H and O–H groups in total. The van der Waals surface area contributed by atoms with Gasteiger partial charge in [-0.2, -0.15) is 0 Å². The van der Waals surface area contributed by atoms with Crippen molar-refractivity contribution in [3.05, 3.63) is 24.5 Å². The van der Waals surface area contributed by atoms with Crippen LogP contribution in [0.15, 0.2) is 24.5 Å². The SMILES string of the molecule is CC(C)N1CCCC[C@@H]1C(=O)NCCC(=O)Nc1ccncc1. The number of aromatic nitrogens is 1. The standard InChI is InChI=1S/C17H26N4O2/c1-13(2)21-12-4-3-5-15(21)17(23)19-11-8-16(22)20-14-6-9-18-10-7-14/h6-7,9-10,13,15H,3-5,8,11-12H2,1-2H3,(H,19,23)(H,18,20,22)/t15-/m1/s1. The van der Waals surface area contributed by atoms with E-state index in [0.717, 1.165) is 31.5 Å². The van der Waals surface area contributed by atoms with E-state index in [-0.39, 0.29) is 24.3 Å². The van der Waals surface area contributed by atoms with Crippen LogP contribution in [0, 0.1) is 0 Å². The molecule has 6 nitrogen and oxygen atoms in total. The molecule has 1 atom stereocenters. The summed E-state index contributed by atoms with van der Waals surface area (Å²) >= 11 is 0. The zero-order valence-electron chi connectivity index (χ0n) is 13.9. The van der Waals surface area contributed by atoms with Crippen LogP contribution in [-0.4, -0.2) is 46.9 Å². The van der Waals surface area contributed by atoms with Gasteiger partial charge in [-0.3, -0.25) is 19.5 Å². The van der Waals surface area contributed by atoms with Gasteiger partial charge < -0.3 is 10.6 Å². The van der Waals surface area contributed by atoms with Crippen molar-refractivity contribution in [2.75, 3.05) is 18.4 Å². The molecule has 2 heterocycles. The van der Waals surface area contributed by atoms with Crippen LogP contribution >= 0.6 is 0 Å². The summed E-state index contributed by atoms with van der Waals surface area (Å²) in [5.41, 5.74) is 0.717. The average molecular weight is 318 g/mol. The summed E-state index contributed by atoms with van der Waals surface area (Å²) in [7, 11) is 0. The minimum absolute atomic E-state index is 0.0371. The molecule has 1 fully saturated rings. The Balaban J connectivity index is 1.74. The van der Waals surface area contributed by atoms with Crippen molar-refractivity contribution in [1.82, 2.24) is 15.2 Å². The van der Waals surface area contributed by atoms with Crippen molar-refractivity contribution < 1.29 is 9.59 Å². The summed E-state index contributed by atoms with van der Waals surface area (Å²) in [6.45, 7) is 5.57. The number of nitrogens with one attached hydrogen (secondary N) is 2. The van der Waals surface area contributed by atoms with Crippen LogP contribution in [0.3, 0.4) is 0 Å². The number of hydrogen-bond donors (Lipinski definition) is 2. The number of amides is 2. The lowest BCUT2D eigenvalue weighted by Crippen LogP contribution is -2.52. The Kier molecular flexibility index (Phi) is 6.52. The van der Waals surface area contributed by atoms with Crippen LogP contribution < -0.4 is 10.6 Å². The molecule has 0 spiro atoms. The maximum atomic E-state index is 12.4. The summed E-state index contributed by atoms with van der Waals surface area (Å²) in [6, 6.07) is 3.77. The fourth-order valence-electron chi connectivity index (χ4n) is 2.93. The molecule has 1 aliphatic heterocycles. The summed E-state index contributed by atoms with van der Waals surface area (Å²) in [5.74, 6) is -0.0732. The monoisotopic (exact) mass is 318 g/mol. The van der Waals surface area contributed by atoms with Crippen LogP contribution in [-0.2, 0) is 9.59 Å². The van der Waals surface area contributed by atoms with Gasteiger partial charge in [-0.1, -0.05) is 6.42 Å². The third-order valence-electron chi connectivity index (χ3n) is 4.13. The minimum atomic E-state index is -0.110. The Bertz CT molecular complexity index is 519.